The summed E-state index contributed by atoms with van der Waals surface area (Å²) >= 11 is 3.24. The van der Waals surface area contributed by atoms with E-state index in [1.165, 1.54) is 6.07 Å². The molecule has 0 radical (unpaired) electrons. The van der Waals surface area contributed by atoms with E-state index in [9.17, 15) is 9.50 Å². The van der Waals surface area contributed by atoms with E-state index >= 15 is 0 Å². The molecule has 0 bridgehead atoms. The topological polar surface area (TPSA) is 33.4 Å². The van der Waals surface area contributed by atoms with Crippen LogP contribution in [0.4, 0.5) is 4.39 Å². The van der Waals surface area contributed by atoms with Crippen LogP contribution in [0.1, 0.15) is 29.7 Å². The quantitative estimate of drug-likeness (QED) is 0.907. The third-order valence-corrected chi connectivity index (χ3v) is 4.23. The number of fused-ring (bicyclic) bond motifs is 1. The third kappa shape index (κ3) is 2.35. The average molecular weight is 325 g/mol. The van der Waals surface area contributed by atoms with Crippen LogP contribution < -0.4 is 0 Å². The largest absolute Gasteiger partial charge is 0.469 e. The number of halogens is 2. The highest BCUT2D eigenvalue weighted by Gasteiger charge is 2.36. The molecule has 3 rings (SSSR count). The predicted octanol–water partition coefficient (Wildman–Crippen LogP) is 3.95. The first-order valence-electron chi connectivity index (χ1n) is 6.32. The lowest BCUT2D eigenvalue weighted by Crippen LogP contribution is -2.32. The van der Waals surface area contributed by atoms with Gasteiger partial charge in [0.1, 0.15) is 11.6 Å². The second kappa shape index (κ2) is 4.76. The van der Waals surface area contributed by atoms with Crippen LogP contribution in [0, 0.1) is 5.82 Å². The molecule has 1 unspecified atom stereocenters. The van der Waals surface area contributed by atoms with Crippen LogP contribution in [0.25, 0.3) is 0 Å². The Morgan fingerprint density at radius 1 is 1.37 bits per heavy atom. The lowest BCUT2D eigenvalue weighted by molar-refractivity contribution is 0.0161. The first-order chi connectivity index (χ1) is 9.08. The van der Waals surface area contributed by atoms with Crippen molar-refractivity contribution in [2.75, 3.05) is 0 Å². The molecule has 0 aliphatic heterocycles. The van der Waals surface area contributed by atoms with Gasteiger partial charge in [0.25, 0.3) is 0 Å². The molecular formula is C15H14BrFO2. The van der Waals surface area contributed by atoms with Gasteiger partial charge in [-0.05, 0) is 36.6 Å². The lowest BCUT2D eigenvalue weighted by Gasteiger charge is -2.32. The van der Waals surface area contributed by atoms with Gasteiger partial charge in [0.2, 0.25) is 0 Å². The molecule has 1 aliphatic carbocycles. The Bertz CT molecular complexity index is 608. The highest BCUT2D eigenvalue weighted by molar-refractivity contribution is 9.10. The molecular weight excluding hydrogens is 311 g/mol. The zero-order chi connectivity index (χ0) is 13.5. The number of furan rings is 1. The SMILES string of the molecule is OC1(Cc2ccc(Br)cc2F)CCCc2occc21. The van der Waals surface area contributed by atoms with E-state index in [1.54, 1.807) is 24.5 Å². The van der Waals surface area contributed by atoms with Gasteiger partial charge in [-0.15, -0.1) is 0 Å². The van der Waals surface area contributed by atoms with Crippen molar-refractivity contribution in [3.63, 3.8) is 0 Å². The molecule has 100 valence electrons. The maximum absolute atomic E-state index is 13.9. The van der Waals surface area contributed by atoms with Crippen molar-refractivity contribution in [2.24, 2.45) is 0 Å². The summed E-state index contributed by atoms with van der Waals surface area (Å²) in [6.07, 6.45) is 4.20. The smallest absolute Gasteiger partial charge is 0.127 e. The van der Waals surface area contributed by atoms with Crippen molar-refractivity contribution >= 4 is 15.9 Å². The normalized spacial score (nSPS) is 22.3. The Kier molecular flexibility index (Phi) is 3.23. The Labute approximate surface area is 119 Å². The molecule has 0 fully saturated rings. The molecule has 0 amide bonds. The lowest BCUT2D eigenvalue weighted by atomic mass is 9.79. The van der Waals surface area contributed by atoms with Crippen molar-refractivity contribution in [1.29, 1.82) is 0 Å². The number of aliphatic hydroxyl groups is 1. The van der Waals surface area contributed by atoms with E-state index in [4.69, 9.17) is 4.42 Å². The highest BCUT2D eigenvalue weighted by Crippen LogP contribution is 2.39. The minimum atomic E-state index is -1.02. The van der Waals surface area contributed by atoms with Gasteiger partial charge in [0.15, 0.2) is 0 Å². The minimum absolute atomic E-state index is 0.276. The van der Waals surface area contributed by atoms with Crippen LogP contribution in [-0.4, -0.2) is 5.11 Å². The van der Waals surface area contributed by atoms with Crippen LogP contribution in [-0.2, 0) is 18.4 Å². The van der Waals surface area contributed by atoms with Gasteiger partial charge in [-0.1, -0.05) is 22.0 Å². The maximum Gasteiger partial charge on any atom is 0.127 e. The van der Waals surface area contributed by atoms with Crippen molar-refractivity contribution in [1.82, 2.24) is 0 Å². The zero-order valence-corrected chi connectivity index (χ0v) is 11.9. The first-order valence-corrected chi connectivity index (χ1v) is 7.11. The Morgan fingerprint density at radius 3 is 3.00 bits per heavy atom. The molecule has 2 nitrogen and oxygen atoms in total. The molecule has 0 spiro atoms. The molecule has 4 heteroatoms. The first kappa shape index (κ1) is 12.9. The van der Waals surface area contributed by atoms with Gasteiger partial charge in [-0.3, -0.25) is 0 Å². The second-order valence-electron chi connectivity index (χ2n) is 5.06. The monoisotopic (exact) mass is 324 g/mol. The summed E-state index contributed by atoms with van der Waals surface area (Å²) in [5, 5.41) is 10.8. The summed E-state index contributed by atoms with van der Waals surface area (Å²) in [6, 6.07) is 6.73. The molecule has 0 saturated heterocycles. The summed E-state index contributed by atoms with van der Waals surface area (Å²) < 4.78 is 20.0. The Balaban J connectivity index is 1.95. The van der Waals surface area contributed by atoms with E-state index < -0.39 is 5.60 Å². The van der Waals surface area contributed by atoms with Crippen molar-refractivity contribution in [3.8, 4) is 0 Å². The van der Waals surface area contributed by atoms with Gasteiger partial charge in [-0.25, -0.2) is 4.39 Å². The molecule has 1 aromatic carbocycles. The molecule has 0 saturated carbocycles. The van der Waals surface area contributed by atoms with Crippen molar-refractivity contribution in [2.45, 2.75) is 31.3 Å². The van der Waals surface area contributed by atoms with Crippen LogP contribution in [0.2, 0.25) is 0 Å². The molecule has 1 aromatic heterocycles. The van der Waals surface area contributed by atoms with Crippen LogP contribution in [0.5, 0.6) is 0 Å². The van der Waals surface area contributed by atoms with Crippen molar-refractivity contribution in [3.05, 3.63) is 57.7 Å². The van der Waals surface area contributed by atoms with Gasteiger partial charge in [-0.2, -0.15) is 0 Å². The van der Waals surface area contributed by atoms with Crippen molar-refractivity contribution < 1.29 is 13.9 Å². The number of hydrogen-bond acceptors (Lipinski definition) is 2. The number of hydrogen-bond donors (Lipinski definition) is 1. The minimum Gasteiger partial charge on any atom is -0.469 e. The molecule has 1 heterocycles. The molecule has 19 heavy (non-hydrogen) atoms. The fourth-order valence-electron chi connectivity index (χ4n) is 2.79. The second-order valence-corrected chi connectivity index (χ2v) is 5.97. The molecule has 1 N–H and O–H groups in total. The predicted molar refractivity (Wildman–Crippen MR) is 73.3 cm³/mol. The van der Waals surface area contributed by atoms with Gasteiger partial charge in [0.05, 0.1) is 11.9 Å². The van der Waals surface area contributed by atoms with E-state index in [0.717, 1.165) is 24.2 Å². The summed E-state index contributed by atoms with van der Waals surface area (Å²) in [5.74, 6) is 0.532. The number of benzene rings is 1. The van der Waals surface area contributed by atoms with E-state index in [-0.39, 0.29) is 12.2 Å². The van der Waals surface area contributed by atoms with E-state index in [0.29, 0.717) is 16.5 Å². The highest BCUT2D eigenvalue weighted by atomic mass is 79.9. The number of rotatable bonds is 2. The fraction of sp³-hybridized carbons (Fsp3) is 0.333. The molecule has 1 aliphatic rings. The van der Waals surface area contributed by atoms with Crippen LogP contribution >= 0.6 is 15.9 Å². The van der Waals surface area contributed by atoms with Gasteiger partial charge in [0, 0.05) is 22.9 Å². The van der Waals surface area contributed by atoms with Crippen LogP contribution in [0.3, 0.4) is 0 Å². The standard InChI is InChI=1S/C15H14BrFO2/c16-11-4-3-10(13(17)8-11)9-15(18)6-1-2-14-12(15)5-7-19-14/h3-5,7-8,18H,1-2,6,9H2. The summed E-state index contributed by atoms with van der Waals surface area (Å²) in [6.45, 7) is 0. The maximum atomic E-state index is 13.9. The summed E-state index contributed by atoms with van der Waals surface area (Å²) in [5.41, 5.74) is 0.315. The van der Waals surface area contributed by atoms with Gasteiger partial charge < -0.3 is 9.52 Å². The summed E-state index contributed by atoms with van der Waals surface area (Å²) in [7, 11) is 0. The zero-order valence-electron chi connectivity index (χ0n) is 10.3. The Morgan fingerprint density at radius 2 is 2.21 bits per heavy atom. The van der Waals surface area contributed by atoms with Crippen LogP contribution in [0.15, 0.2) is 39.4 Å². The van der Waals surface area contributed by atoms with Gasteiger partial charge >= 0.3 is 0 Å². The average Bonchev–Trinajstić information content (AvgIpc) is 2.83. The third-order valence-electron chi connectivity index (χ3n) is 3.74. The molecule has 2 aromatic rings. The fourth-order valence-corrected chi connectivity index (χ4v) is 3.12. The number of aryl methyl sites for hydroxylation is 1. The Hall–Kier alpha value is -1.13. The summed E-state index contributed by atoms with van der Waals surface area (Å²) in [4.78, 5) is 0. The molecule has 1 atom stereocenters. The van der Waals surface area contributed by atoms with E-state index in [2.05, 4.69) is 15.9 Å². The van der Waals surface area contributed by atoms with E-state index in [1.807, 2.05) is 0 Å².